The number of anilines is 6. The predicted molar refractivity (Wildman–Crippen MR) is 410 cm³/mol. The molecule has 4 aromatic heterocycles. The third kappa shape index (κ3) is 7.80. The fourth-order valence-corrected chi connectivity index (χ4v) is 18.5. The molecule has 0 amide bonds. The maximum atomic E-state index is 7.44. The van der Waals surface area contributed by atoms with E-state index in [0.717, 1.165) is 99.7 Å². The quantitative estimate of drug-likeness (QED) is 0.128. The molecule has 2 aliphatic heterocycles. The normalized spacial score (nSPS) is 18.4. The average Bonchev–Trinajstić information content (AvgIpc) is 1.49. The first kappa shape index (κ1) is 55.7. The highest BCUT2D eigenvalue weighted by Gasteiger charge is 2.52. The number of para-hydroxylation sites is 3. The van der Waals surface area contributed by atoms with Crippen LogP contribution in [-0.4, -0.2) is 16.5 Å². The first-order valence-electron chi connectivity index (χ1n) is 35.2. The van der Waals surface area contributed by atoms with Crippen LogP contribution < -0.4 is 14.7 Å². The molecule has 15 aromatic rings. The molecule has 98 heavy (non-hydrogen) atoms. The van der Waals surface area contributed by atoms with Gasteiger partial charge in [0.2, 0.25) is 0 Å². The van der Waals surface area contributed by atoms with Crippen LogP contribution in [0.5, 0.6) is 0 Å². The second-order valence-electron chi connectivity index (χ2n) is 27.8. The Morgan fingerprint density at radius 3 is 1.89 bits per heavy atom. The molecule has 6 heteroatoms. The topological polar surface area (TPSA) is 40.4 Å². The third-order valence-electron chi connectivity index (χ3n) is 22.6. The molecule has 0 N–H and O–H groups in total. The molecule has 0 saturated carbocycles. The van der Waals surface area contributed by atoms with Gasteiger partial charge in [0, 0.05) is 94.5 Å². The number of benzene rings is 11. The lowest BCUT2D eigenvalue weighted by Gasteiger charge is -2.37. The number of aryl methyl sites for hydroxylation is 2. The number of hydrogen-bond donors (Lipinski definition) is 0. The fourth-order valence-electron chi connectivity index (χ4n) is 18.5. The van der Waals surface area contributed by atoms with Crippen molar-refractivity contribution in [2.24, 2.45) is 0 Å². The summed E-state index contributed by atoms with van der Waals surface area (Å²) in [5.41, 5.74) is 30.7. The molecule has 4 unspecified atom stereocenters. The summed E-state index contributed by atoms with van der Waals surface area (Å²) in [5, 5.41) is 9.54. The molecule has 0 bridgehead atoms. The zero-order valence-corrected chi connectivity index (χ0v) is 54.7. The van der Waals surface area contributed by atoms with Gasteiger partial charge in [-0.1, -0.05) is 249 Å². The first-order chi connectivity index (χ1) is 48.6. The van der Waals surface area contributed by atoms with Crippen LogP contribution in [0.25, 0.3) is 121 Å². The Kier molecular flexibility index (Phi) is 12.2. The average molecular weight is 1260 g/mol. The number of allylic oxidation sites excluding steroid dienone is 11. The van der Waals surface area contributed by atoms with Crippen LogP contribution in [0.15, 0.2) is 294 Å². The van der Waals surface area contributed by atoms with Crippen LogP contribution in [0.3, 0.4) is 0 Å². The Morgan fingerprint density at radius 2 is 1.13 bits per heavy atom. The number of nitrogens with zero attached hydrogens (tertiary/aromatic N) is 4. The Bertz CT molecular complexity index is 6120. The van der Waals surface area contributed by atoms with Gasteiger partial charge in [-0.15, -0.1) is 0 Å². The summed E-state index contributed by atoms with van der Waals surface area (Å²) in [5.74, 6) is 0.264. The van der Waals surface area contributed by atoms with Gasteiger partial charge in [0.05, 0.1) is 56.7 Å². The van der Waals surface area contributed by atoms with Crippen molar-refractivity contribution < 1.29 is 8.83 Å². The van der Waals surface area contributed by atoms with Gasteiger partial charge in [0.15, 0.2) is 11.2 Å². The summed E-state index contributed by atoms with van der Waals surface area (Å²) in [6.45, 7) is 4.55. The zero-order chi connectivity index (χ0) is 64.4. The van der Waals surface area contributed by atoms with E-state index < -0.39 is 0 Å². The number of rotatable bonds is 10. The summed E-state index contributed by atoms with van der Waals surface area (Å²) < 4.78 is 17.5. The van der Waals surface area contributed by atoms with E-state index >= 15 is 0 Å². The molecule has 0 radical (unpaired) electrons. The van der Waals surface area contributed by atoms with E-state index in [1.54, 1.807) is 0 Å². The number of fused-ring (bicyclic) bond motifs is 18. The van der Waals surface area contributed by atoms with Crippen molar-refractivity contribution in [2.45, 2.75) is 76.3 Å². The van der Waals surface area contributed by atoms with Gasteiger partial charge in [-0.05, 0) is 122 Å². The van der Waals surface area contributed by atoms with Crippen molar-refractivity contribution in [3.8, 4) is 33.4 Å². The van der Waals surface area contributed by atoms with Crippen LogP contribution in [-0.2, 0) is 0 Å². The van der Waals surface area contributed by atoms with Crippen molar-refractivity contribution in [3.63, 3.8) is 0 Å². The van der Waals surface area contributed by atoms with Crippen molar-refractivity contribution in [2.75, 3.05) is 14.7 Å². The van der Waals surface area contributed by atoms with Crippen molar-refractivity contribution in [1.82, 2.24) is 4.40 Å². The van der Waals surface area contributed by atoms with Gasteiger partial charge < -0.3 is 27.9 Å². The number of furan rings is 2. The van der Waals surface area contributed by atoms with E-state index in [9.17, 15) is 0 Å². The molecular formula is C92H68N4O2. The summed E-state index contributed by atoms with van der Waals surface area (Å²) in [4.78, 5) is 8.10. The molecule has 468 valence electrons. The minimum atomic E-state index is -0.00225. The van der Waals surface area contributed by atoms with Crippen LogP contribution >= 0.6 is 0 Å². The zero-order valence-electron chi connectivity index (χ0n) is 54.7. The highest BCUT2D eigenvalue weighted by atomic mass is 16.3. The molecule has 0 fully saturated rings. The molecule has 4 aliphatic carbocycles. The van der Waals surface area contributed by atoms with Crippen molar-refractivity contribution in [1.29, 1.82) is 0 Å². The molecular weight excluding hydrogens is 1190 g/mol. The monoisotopic (exact) mass is 1260 g/mol. The van der Waals surface area contributed by atoms with Crippen LogP contribution in [0.2, 0.25) is 0 Å². The Labute approximate surface area is 568 Å². The van der Waals surface area contributed by atoms with Gasteiger partial charge in [0.25, 0.3) is 0 Å². The molecule has 11 aromatic carbocycles. The molecule has 0 spiro atoms. The minimum absolute atomic E-state index is 0.00225. The van der Waals surface area contributed by atoms with Crippen molar-refractivity contribution in [3.05, 3.63) is 313 Å². The second kappa shape index (κ2) is 21.5. The molecule has 4 atom stereocenters. The third-order valence-corrected chi connectivity index (χ3v) is 22.6. The van der Waals surface area contributed by atoms with E-state index in [2.05, 4.69) is 312 Å². The lowest BCUT2D eigenvalue weighted by molar-refractivity contribution is 0.585. The Balaban J connectivity index is 0.827. The summed E-state index contributed by atoms with van der Waals surface area (Å²) in [6, 6.07) is 77.6. The minimum Gasteiger partial charge on any atom is -0.454 e. The van der Waals surface area contributed by atoms with Crippen LogP contribution in [0, 0.1) is 13.8 Å². The maximum absolute atomic E-state index is 7.44. The van der Waals surface area contributed by atoms with E-state index in [1.807, 2.05) is 0 Å². The Hall–Kier alpha value is -11.6. The molecule has 6 aliphatic rings. The fraction of sp³-hybridized carbons (Fsp3) is 0.130. The number of hydrogen-bond acceptors (Lipinski definition) is 5. The first-order valence-corrected chi connectivity index (χ1v) is 35.2. The SMILES string of the molecule is Cc1ccc2c(oc3c(-c4ccccc4)cccc32)c1N(C1=CC=CCC1)c1cccc2c1c1cccc3c4c(-c5ccccc5)c5c(c(-c6ccccc6)c4n2c13)C1C=CC=C2c3c(N(c4c(C)ccc6c4oc4c(C7C=CC=CC7)cccc46)C4CC=CCC4)cccc3N5C21. The molecule has 6 heterocycles. The van der Waals surface area contributed by atoms with Gasteiger partial charge in [-0.25, -0.2) is 0 Å². The smallest absolute Gasteiger partial charge is 0.159 e. The predicted octanol–water partition coefficient (Wildman–Crippen LogP) is 25.0. The Morgan fingerprint density at radius 1 is 0.459 bits per heavy atom. The molecule has 0 saturated heterocycles. The van der Waals surface area contributed by atoms with E-state index in [1.165, 1.54) is 127 Å². The van der Waals surface area contributed by atoms with Gasteiger partial charge in [0.1, 0.15) is 11.2 Å². The standard InChI is InChI=1S/C92H68N4O2/c1-55-51-53-67-65-41-21-39-63(57-27-9-3-10-28-57)89(65)97-91(67)83(55)93(61-35-17-7-18-36-61)73-47-25-49-75-79(73)69-43-23-45-71-81-78(60-33-15-6-16-34-60)88-82(77(59-31-13-5-14-32-59)87(81)95(75)85(69)71)72-46-24-44-70-80-74(48-26-50-76(80)96(88)86(70)72)94(62-37-19-8-20-38-62)84-56(2)52-54-68-66-42-22-40-64(90(66)98-92(68)84)58-29-11-4-12-30-58/h3-17,19,21-29,31-35,39-54,58,62,72,86H,18,20,30,36-38H2,1-2H3. The number of aromatic nitrogens is 1. The van der Waals surface area contributed by atoms with Crippen LogP contribution in [0.4, 0.5) is 34.1 Å². The van der Waals surface area contributed by atoms with Crippen LogP contribution in [0.1, 0.15) is 78.2 Å². The van der Waals surface area contributed by atoms with Crippen molar-refractivity contribution >= 4 is 122 Å². The summed E-state index contributed by atoms with van der Waals surface area (Å²) in [6.07, 6.45) is 33.8. The molecule has 6 nitrogen and oxygen atoms in total. The van der Waals surface area contributed by atoms with E-state index in [-0.39, 0.29) is 23.9 Å². The lowest BCUT2D eigenvalue weighted by atomic mass is 9.79. The summed E-state index contributed by atoms with van der Waals surface area (Å²) >= 11 is 0. The maximum Gasteiger partial charge on any atom is 0.159 e. The second-order valence-corrected chi connectivity index (χ2v) is 27.8. The van der Waals surface area contributed by atoms with E-state index in [0.29, 0.717) is 0 Å². The van der Waals surface area contributed by atoms with Gasteiger partial charge in [-0.3, -0.25) is 0 Å². The molecule has 21 rings (SSSR count). The highest BCUT2D eigenvalue weighted by Crippen LogP contribution is 2.67. The van der Waals surface area contributed by atoms with E-state index in [4.69, 9.17) is 8.83 Å². The lowest BCUT2D eigenvalue weighted by Crippen LogP contribution is -2.33. The largest absolute Gasteiger partial charge is 0.454 e. The highest BCUT2D eigenvalue weighted by molar-refractivity contribution is 6.32. The van der Waals surface area contributed by atoms with Gasteiger partial charge >= 0.3 is 0 Å². The van der Waals surface area contributed by atoms with Gasteiger partial charge in [-0.2, -0.15) is 0 Å². The summed E-state index contributed by atoms with van der Waals surface area (Å²) in [7, 11) is 0.